The standard InChI is InChI=1S/C28H15F11O/c1-12-4-17(29)16(18(30)5-12)2-3-28(38,39)40-15-10-21(33)26(22(34)11-15)13-6-19(31)25(20(32)7-13)14-8-23(35)27(37)24(36)9-14/h4-11H,2-3H2,1H3. The van der Waals surface area contributed by atoms with Crippen molar-refractivity contribution in [2.45, 2.75) is 25.9 Å². The van der Waals surface area contributed by atoms with E-state index in [1.807, 2.05) is 0 Å². The molecule has 1 nitrogen and oxygen atoms in total. The quantitative estimate of drug-likeness (QED) is 0.158. The van der Waals surface area contributed by atoms with Crippen molar-refractivity contribution in [1.82, 2.24) is 0 Å². The molecular weight excluding hydrogens is 561 g/mol. The van der Waals surface area contributed by atoms with E-state index in [2.05, 4.69) is 4.74 Å². The number of ether oxygens (including phenoxy) is 1. The third kappa shape index (κ3) is 5.90. The maximum atomic E-state index is 14.8. The molecule has 0 amide bonds. The lowest BCUT2D eigenvalue weighted by Gasteiger charge is -2.19. The number of hydrogen-bond acceptors (Lipinski definition) is 1. The minimum atomic E-state index is -4.14. The average Bonchev–Trinajstić information content (AvgIpc) is 2.80. The summed E-state index contributed by atoms with van der Waals surface area (Å²) in [5.74, 6) is -14.7. The SMILES string of the molecule is Cc1cc(F)c(CCC(F)(F)Oc2cc(F)c(-c3cc(F)c(-c4cc(F)c(F)c(F)c4)c(F)c3)c(F)c2)c(F)c1. The van der Waals surface area contributed by atoms with Crippen molar-refractivity contribution in [3.63, 3.8) is 0 Å². The molecule has 0 aromatic heterocycles. The fraction of sp³-hybridized carbons (Fsp3) is 0.143. The van der Waals surface area contributed by atoms with Gasteiger partial charge in [-0.2, -0.15) is 8.78 Å². The molecular formula is C28H15F11O. The van der Waals surface area contributed by atoms with Gasteiger partial charge in [-0.15, -0.1) is 0 Å². The number of aryl methyl sites for hydroxylation is 1. The van der Waals surface area contributed by atoms with Crippen LogP contribution in [0, 0.1) is 59.3 Å². The lowest BCUT2D eigenvalue weighted by atomic mass is 9.98. The van der Waals surface area contributed by atoms with Crippen LogP contribution in [-0.2, 0) is 6.42 Å². The molecule has 12 heteroatoms. The molecule has 0 aliphatic heterocycles. The topological polar surface area (TPSA) is 9.23 Å². The summed E-state index contributed by atoms with van der Waals surface area (Å²) in [6, 6.07) is 3.94. The number of rotatable bonds is 7. The summed E-state index contributed by atoms with van der Waals surface area (Å²) in [5.41, 5.74) is -3.99. The zero-order chi connectivity index (χ0) is 29.5. The molecule has 0 saturated heterocycles. The number of hydrogen-bond donors (Lipinski definition) is 0. The average molecular weight is 576 g/mol. The molecule has 0 radical (unpaired) electrons. The molecule has 0 saturated carbocycles. The molecule has 0 aliphatic carbocycles. The summed E-state index contributed by atoms with van der Waals surface area (Å²) >= 11 is 0. The Morgan fingerprint density at radius 1 is 0.550 bits per heavy atom. The van der Waals surface area contributed by atoms with Crippen molar-refractivity contribution in [2.24, 2.45) is 0 Å². The summed E-state index contributed by atoms with van der Waals surface area (Å²) in [6.45, 7) is 1.39. The second-order valence-electron chi connectivity index (χ2n) is 8.78. The van der Waals surface area contributed by atoms with Crippen molar-refractivity contribution in [2.75, 3.05) is 0 Å². The Hall–Kier alpha value is -4.09. The highest BCUT2D eigenvalue weighted by Gasteiger charge is 2.33. The molecule has 4 aromatic carbocycles. The molecule has 210 valence electrons. The van der Waals surface area contributed by atoms with E-state index in [1.165, 1.54) is 6.92 Å². The van der Waals surface area contributed by atoms with E-state index in [9.17, 15) is 48.3 Å². The van der Waals surface area contributed by atoms with Gasteiger partial charge in [0.2, 0.25) is 0 Å². The number of benzene rings is 4. The second kappa shape index (κ2) is 10.8. The Morgan fingerprint density at radius 2 is 0.950 bits per heavy atom. The van der Waals surface area contributed by atoms with Gasteiger partial charge in [-0.25, -0.2) is 39.5 Å². The van der Waals surface area contributed by atoms with Crippen molar-refractivity contribution in [3.05, 3.63) is 112 Å². The van der Waals surface area contributed by atoms with Gasteiger partial charge in [-0.3, -0.25) is 0 Å². The van der Waals surface area contributed by atoms with Gasteiger partial charge in [0.15, 0.2) is 17.5 Å². The maximum absolute atomic E-state index is 14.8. The van der Waals surface area contributed by atoms with E-state index in [0.717, 1.165) is 12.1 Å². The van der Waals surface area contributed by atoms with Crippen LogP contribution in [0.5, 0.6) is 5.75 Å². The summed E-state index contributed by atoms with van der Waals surface area (Å²) in [7, 11) is 0. The first-order chi connectivity index (χ1) is 18.7. The van der Waals surface area contributed by atoms with Crippen LogP contribution in [0.1, 0.15) is 17.5 Å². The summed E-state index contributed by atoms with van der Waals surface area (Å²) in [6.07, 6.45) is -6.22. The minimum Gasteiger partial charge on any atom is -0.432 e. The van der Waals surface area contributed by atoms with Crippen LogP contribution >= 0.6 is 0 Å². The van der Waals surface area contributed by atoms with Gasteiger partial charge in [0.25, 0.3) is 0 Å². The predicted octanol–water partition coefficient (Wildman–Crippen LogP) is 9.19. The smallest absolute Gasteiger partial charge is 0.398 e. The molecule has 0 unspecified atom stereocenters. The zero-order valence-electron chi connectivity index (χ0n) is 20.1. The van der Waals surface area contributed by atoms with Gasteiger partial charge in [-0.1, -0.05) is 0 Å². The molecule has 0 spiro atoms. The van der Waals surface area contributed by atoms with Crippen LogP contribution in [0.15, 0.2) is 48.5 Å². The summed E-state index contributed by atoms with van der Waals surface area (Å²) in [5, 5.41) is 0. The van der Waals surface area contributed by atoms with Gasteiger partial charge in [0.1, 0.15) is 40.7 Å². The van der Waals surface area contributed by atoms with Gasteiger partial charge >= 0.3 is 6.11 Å². The number of halogens is 11. The predicted molar refractivity (Wildman–Crippen MR) is 122 cm³/mol. The molecule has 0 bridgehead atoms. The molecule has 0 atom stereocenters. The van der Waals surface area contributed by atoms with E-state index < -0.39 is 105 Å². The fourth-order valence-electron chi connectivity index (χ4n) is 4.04. The largest absolute Gasteiger partial charge is 0.432 e. The molecule has 4 rings (SSSR count). The van der Waals surface area contributed by atoms with E-state index in [1.54, 1.807) is 0 Å². The summed E-state index contributed by atoms with van der Waals surface area (Å²) in [4.78, 5) is 0. The Kier molecular flexibility index (Phi) is 7.82. The highest BCUT2D eigenvalue weighted by Crippen LogP contribution is 2.37. The van der Waals surface area contributed by atoms with Gasteiger partial charge in [0.05, 0.1) is 17.5 Å². The Balaban J connectivity index is 1.60. The fourth-order valence-corrected chi connectivity index (χ4v) is 4.04. The summed E-state index contributed by atoms with van der Waals surface area (Å²) < 4.78 is 160. The van der Waals surface area contributed by atoms with Gasteiger partial charge < -0.3 is 4.74 Å². The third-order valence-corrected chi connectivity index (χ3v) is 5.84. The first-order valence-corrected chi connectivity index (χ1v) is 11.3. The van der Waals surface area contributed by atoms with Crippen LogP contribution in [0.4, 0.5) is 48.3 Å². The Labute approximate surface area is 219 Å². The van der Waals surface area contributed by atoms with Gasteiger partial charge in [0, 0.05) is 17.7 Å². The van der Waals surface area contributed by atoms with Crippen molar-refractivity contribution >= 4 is 0 Å². The van der Waals surface area contributed by atoms with Crippen LogP contribution < -0.4 is 4.74 Å². The zero-order valence-corrected chi connectivity index (χ0v) is 20.1. The minimum absolute atomic E-state index is 0.223. The lowest BCUT2D eigenvalue weighted by Crippen LogP contribution is -2.26. The van der Waals surface area contributed by atoms with E-state index in [4.69, 9.17) is 0 Å². The number of alkyl halides is 2. The van der Waals surface area contributed by atoms with E-state index in [-0.39, 0.29) is 5.56 Å². The Bertz CT molecular complexity index is 1520. The Morgan fingerprint density at radius 3 is 1.40 bits per heavy atom. The third-order valence-electron chi connectivity index (χ3n) is 5.84. The van der Waals surface area contributed by atoms with Crippen LogP contribution in [0.3, 0.4) is 0 Å². The second-order valence-corrected chi connectivity index (χ2v) is 8.78. The maximum Gasteiger partial charge on any atom is 0.398 e. The van der Waals surface area contributed by atoms with Crippen LogP contribution in [0.25, 0.3) is 22.3 Å². The highest BCUT2D eigenvalue weighted by molar-refractivity contribution is 5.73. The van der Waals surface area contributed by atoms with Crippen molar-refractivity contribution < 1.29 is 53.0 Å². The first-order valence-electron chi connectivity index (χ1n) is 11.3. The normalized spacial score (nSPS) is 11.7. The highest BCUT2D eigenvalue weighted by atomic mass is 19.3. The molecule has 4 aromatic rings. The first kappa shape index (κ1) is 28.9. The lowest BCUT2D eigenvalue weighted by molar-refractivity contribution is -0.180. The molecule has 0 fully saturated rings. The van der Waals surface area contributed by atoms with Gasteiger partial charge in [-0.05, 0) is 66.4 Å². The van der Waals surface area contributed by atoms with E-state index in [0.29, 0.717) is 36.4 Å². The van der Waals surface area contributed by atoms with E-state index >= 15 is 0 Å². The monoisotopic (exact) mass is 576 g/mol. The molecule has 0 N–H and O–H groups in total. The molecule has 0 aliphatic rings. The molecule has 40 heavy (non-hydrogen) atoms. The van der Waals surface area contributed by atoms with Crippen molar-refractivity contribution in [1.29, 1.82) is 0 Å². The molecule has 0 heterocycles. The van der Waals surface area contributed by atoms with Crippen LogP contribution in [-0.4, -0.2) is 6.11 Å². The van der Waals surface area contributed by atoms with Crippen LogP contribution in [0.2, 0.25) is 0 Å². The van der Waals surface area contributed by atoms with Crippen molar-refractivity contribution in [3.8, 4) is 28.0 Å².